The van der Waals surface area contributed by atoms with Gasteiger partial charge >= 0.3 is 12.0 Å². The van der Waals surface area contributed by atoms with Gasteiger partial charge in [-0.1, -0.05) is 0 Å². The van der Waals surface area contributed by atoms with Gasteiger partial charge in [-0.2, -0.15) is 0 Å². The lowest BCUT2D eigenvalue weighted by Gasteiger charge is -2.29. The fraction of sp³-hybridized carbons (Fsp3) is 0.846. The molecular weight excluding hydrogens is 246 g/mol. The Morgan fingerprint density at radius 1 is 1.32 bits per heavy atom. The summed E-state index contributed by atoms with van der Waals surface area (Å²) < 4.78 is 0. The summed E-state index contributed by atoms with van der Waals surface area (Å²) >= 11 is 0. The van der Waals surface area contributed by atoms with E-state index < -0.39 is 12.0 Å². The lowest BCUT2D eigenvalue weighted by molar-refractivity contribution is -0.141. The van der Waals surface area contributed by atoms with Crippen LogP contribution < -0.4 is 0 Å². The highest BCUT2D eigenvalue weighted by Crippen LogP contribution is 2.21. The van der Waals surface area contributed by atoms with Gasteiger partial charge in [-0.3, -0.25) is 0 Å². The summed E-state index contributed by atoms with van der Waals surface area (Å²) in [6.07, 6.45) is 2.46. The van der Waals surface area contributed by atoms with Crippen molar-refractivity contribution in [2.75, 3.05) is 40.3 Å². The average molecular weight is 269 g/mol. The molecule has 2 fully saturated rings. The Hall–Kier alpha value is -1.30. The molecule has 1 unspecified atom stereocenters. The third-order valence-electron chi connectivity index (χ3n) is 4.13. The number of carbonyl (C=O) groups excluding carboxylic acids is 1. The standard InChI is InChI=1S/C13H23N3O3/c1-14-7-5-10(8-14)9-15(2)13(19)16-6-3-4-11(16)12(17)18/h10-11H,3-9H2,1-2H3,(H,17,18)/t10?,11-/m1/s1. The highest BCUT2D eigenvalue weighted by Gasteiger charge is 2.36. The molecule has 1 N–H and O–H groups in total. The highest BCUT2D eigenvalue weighted by molar-refractivity contribution is 5.83. The molecule has 6 heteroatoms. The van der Waals surface area contributed by atoms with Crippen LogP contribution >= 0.6 is 0 Å². The van der Waals surface area contributed by atoms with Gasteiger partial charge in [0.05, 0.1) is 0 Å². The number of carboxylic acids is 1. The monoisotopic (exact) mass is 269 g/mol. The summed E-state index contributed by atoms with van der Waals surface area (Å²) in [7, 11) is 3.86. The summed E-state index contributed by atoms with van der Waals surface area (Å²) in [4.78, 5) is 28.9. The van der Waals surface area contributed by atoms with Crippen molar-refractivity contribution in [2.24, 2.45) is 5.92 Å². The molecule has 0 spiro atoms. The van der Waals surface area contributed by atoms with Crippen LogP contribution in [0.25, 0.3) is 0 Å². The van der Waals surface area contributed by atoms with Crippen LogP contribution in [0.5, 0.6) is 0 Å². The predicted octanol–water partition coefficient (Wildman–Crippen LogP) is 0.539. The topological polar surface area (TPSA) is 64.1 Å². The fourth-order valence-corrected chi connectivity index (χ4v) is 3.11. The molecule has 0 bridgehead atoms. The van der Waals surface area contributed by atoms with Crippen LogP contribution in [-0.2, 0) is 4.79 Å². The molecule has 0 radical (unpaired) electrons. The first-order valence-corrected chi connectivity index (χ1v) is 6.92. The Labute approximate surface area is 114 Å². The van der Waals surface area contributed by atoms with Gasteiger partial charge in [-0.05, 0) is 38.8 Å². The maximum Gasteiger partial charge on any atom is 0.326 e. The molecule has 6 nitrogen and oxygen atoms in total. The molecule has 0 aromatic heterocycles. The summed E-state index contributed by atoms with van der Waals surface area (Å²) in [6.45, 7) is 3.37. The maximum absolute atomic E-state index is 12.3. The lowest BCUT2D eigenvalue weighted by Crippen LogP contribution is -2.47. The highest BCUT2D eigenvalue weighted by atomic mass is 16.4. The number of likely N-dealkylation sites (tertiary alicyclic amines) is 2. The second-order valence-corrected chi connectivity index (χ2v) is 5.77. The van der Waals surface area contributed by atoms with Crippen LogP contribution in [0.4, 0.5) is 4.79 Å². The summed E-state index contributed by atoms with van der Waals surface area (Å²) in [5.41, 5.74) is 0. The van der Waals surface area contributed by atoms with Crippen LogP contribution in [0.1, 0.15) is 19.3 Å². The van der Waals surface area contributed by atoms with E-state index in [1.54, 1.807) is 11.9 Å². The van der Waals surface area contributed by atoms with E-state index in [2.05, 4.69) is 11.9 Å². The zero-order chi connectivity index (χ0) is 14.0. The van der Waals surface area contributed by atoms with Gasteiger partial charge in [0.15, 0.2) is 0 Å². The fourth-order valence-electron chi connectivity index (χ4n) is 3.11. The van der Waals surface area contributed by atoms with Crippen molar-refractivity contribution in [3.8, 4) is 0 Å². The minimum Gasteiger partial charge on any atom is -0.480 e. The molecule has 108 valence electrons. The Bertz CT molecular complexity index is 361. The molecule has 2 saturated heterocycles. The van der Waals surface area contributed by atoms with Crippen molar-refractivity contribution in [3.63, 3.8) is 0 Å². The molecule has 0 aromatic carbocycles. The zero-order valence-electron chi connectivity index (χ0n) is 11.7. The number of hydrogen-bond acceptors (Lipinski definition) is 3. The molecule has 19 heavy (non-hydrogen) atoms. The van der Waals surface area contributed by atoms with Gasteiger partial charge in [-0.25, -0.2) is 9.59 Å². The van der Waals surface area contributed by atoms with Crippen LogP contribution in [0.15, 0.2) is 0 Å². The van der Waals surface area contributed by atoms with Gasteiger partial charge in [0.25, 0.3) is 0 Å². The number of carboxylic acid groups (broad SMARTS) is 1. The zero-order valence-corrected chi connectivity index (χ0v) is 11.7. The number of nitrogens with zero attached hydrogens (tertiary/aromatic N) is 3. The van der Waals surface area contributed by atoms with E-state index in [1.807, 2.05) is 0 Å². The van der Waals surface area contributed by atoms with Crippen LogP contribution in [0.2, 0.25) is 0 Å². The first kappa shape index (κ1) is 14.1. The number of amides is 2. The summed E-state index contributed by atoms with van der Waals surface area (Å²) in [5.74, 6) is -0.385. The molecule has 2 atom stereocenters. The molecule has 2 rings (SSSR count). The smallest absolute Gasteiger partial charge is 0.326 e. The molecule has 0 saturated carbocycles. The minimum atomic E-state index is -0.889. The summed E-state index contributed by atoms with van der Waals surface area (Å²) in [6, 6.07) is -0.777. The molecule has 2 aliphatic rings. The molecule has 2 aliphatic heterocycles. The van der Waals surface area contributed by atoms with E-state index in [0.29, 0.717) is 25.4 Å². The minimum absolute atomic E-state index is 0.139. The third kappa shape index (κ3) is 3.18. The third-order valence-corrected chi connectivity index (χ3v) is 4.13. The van der Waals surface area contributed by atoms with Crippen molar-refractivity contribution in [1.29, 1.82) is 0 Å². The number of carbonyl (C=O) groups is 2. The number of hydrogen-bond donors (Lipinski definition) is 1. The van der Waals surface area contributed by atoms with Crippen LogP contribution in [-0.4, -0.2) is 78.1 Å². The van der Waals surface area contributed by atoms with Gasteiger partial charge < -0.3 is 19.8 Å². The van der Waals surface area contributed by atoms with E-state index in [0.717, 1.165) is 25.9 Å². The van der Waals surface area contributed by atoms with E-state index >= 15 is 0 Å². The first-order chi connectivity index (χ1) is 8.99. The molecule has 0 aromatic rings. The normalized spacial score (nSPS) is 27.8. The molecule has 0 aliphatic carbocycles. The van der Waals surface area contributed by atoms with Crippen molar-refractivity contribution in [3.05, 3.63) is 0 Å². The van der Waals surface area contributed by atoms with Crippen molar-refractivity contribution >= 4 is 12.0 Å². The number of aliphatic carboxylic acids is 1. The Morgan fingerprint density at radius 2 is 2.05 bits per heavy atom. The number of urea groups is 1. The van der Waals surface area contributed by atoms with Crippen LogP contribution in [0.3, 0.4) is 0 Å². The number of rotatable bonds is 3. The van der Waals surface area contributed by atoms with Gasteiger partial charge in [-0.15, -0.1) is 0 Å². The quantitative estimate of drug-likeness (QED) is 0.812. The lowest BCUT2D eigenvalue weighted by atomic mass is 10.1. The van der Waals surface area contributed by atoms with Crippen LogP contribution in [0, 0.1) is 5.92 Å². The largest absolute Gasteiger partial charge is 0.480 e. The Kier molecular flexibility index (Phi) is 4.29. The van der Waals surface area contributed by atoms with E-state index in [4.69, 9.17) is 5.11 Å². The maximum atomic E-state index is 12.3. The second-order valence-electron chi connectivity index (χ2n) is 5.77. The van der Waals surface area contributed by atoms with E-state index in [-0.39, 0.29) is 6.03 Å². The second kappa shape index (κ2) is 5.77. The predicted molar refractivity (Wildman–Crippen MR) is 71.0 cm³/mol. The van der Waals surface area contributed by atoms with Crippen molar-refractivity contribution in [2.45, 2.75) is 25.3 Å². The van der Waals surface area contributed by atoms with Crippen molar-refractivity contribution < 1.29 is 14.7 Å². The Balaban J connectivity index is 1.89. The summed E-state index contributed by atoms with van der Waals surface area (Å²) in [5, 5.41) is 9.11. The van der Waals surface area contributed by atoms with E-state index in [1.165, 1.54) is 4.90 Å². The van der Waals surface area contributed by atoms with E-state index in [9.17, 15) is 9.59 Å². The average Bonchev–Trinajstić information content (AvgIpc) is 2.97. The molecule has 2 amide bonds. The van der Waals surface area contributed by atoms with Gasteiger partial charge in [0, 0.05) is 26.7 Å². The Morgan fingerprint density at radius 3 is 2.63 bits per heavy atom. The molecular formula is C13H23N3O3. The van der Waals surface area contributed by atoms with Gasteiger partial charge in [0.1, 0.15) is 6.04 Å². The van der Waals surface area contributed by atoms with Crippen molar-refractivity contribution in [1.82, 2.24) is 14.7 Å². The molecule has 2 heterocycles. The van der Waals surface area contributed by atoms with Gasteiger partial charge in [0.2, 0.25) is 0 Å². The first-order valence-electron chi connectivity index (χ1n) is 6.92. The SMILES string of the molecule is CN1CCC(CN(C)C(=O)N2CCC[C@@H]2C(=O)O)C1.